The van der Waals surface area contributed by atoms with Crippen LogP contribution >= 0.6 is 0 Å². The fraction of sp³-hybridized carbons (Fsp3) is 0.238. The predicted octanol–water partition coefficient (Wildman–Crippen LogP) is 3.90. The number of benzene rings is 2. The molecule has 2 amide bonds. The minimum Gasteiger partial charge on any atom is -0.489 e. The Balaban J connectivity index is 1.51. The monoisotopic (exact) mass is 400 g/mol. The fourth-order valence-corrected chi connectivity index (χ4v) is 2.90. The second-order valence-electron chi connectivity index (χ2n) is 6.47. The number of nitrogens with one attached hydrogen (secondary N) is 2. The van der Waals surface area contributed by atoms with Crippen molar-refractivity contribution in [3.8, 4) is 11.4 Å². The molecule has 0 saturated carbocycles. The molecule has 1 atom stereocenters. The van der Waals surface area contributed by atoms with Crippen molar-refractivity contribution in [2.45, 2.75) is 19.9 Å². The molecule has 152 valence electrons. The number of halogens is 2. The van der Waals surface area contributed by atoms with E-state index in [0.717, 1.165) is 16.9 Å². The van der Waals surface area contributed by atoms with Crippen molar-refractivity contribution < 1.29 is 18.3 Å². The molecule has 0 aliphatic carbocycles. The molecule has 29 heavy (non-hydrogen) atoms. The molecule has 6 nitrogen and oxygen atoms in total. The highest BCUT2D eigenvalue weighted by Crippen LogP contribution is 2.20. The van der Waals surface area contributed by atoms with Crippen LogP contribution in [0.2, 0.25) is 0 Å². The maximum absolute atomic E-state index is 13.5. The Labute approximate surface area is 167 Å². The summed E-state index contributed by atoms with van der Waals surface area (Å²) in [4.78, 5) is 12.1. The number of carbonyl (C=O) groups excluding carboxylic acids is 1. The van der Waals surface area contributed by atoms with Gasteiger partial charge in [0.1, 0.15) is 12.4 Å². The van der Waals surface area contributed by atoms with Crippen molar-refractivity contribution >= 4 is 6.03 Å². The number of nitrogens with zero attached hydrogens (tertiary/aromatic N) is 2. The van der Waals surface area contributed by atoms with E-state index in [0.29, 0.717) is 0 Å². The topological polar surface area (TPSA) is 68.2 Å². The molecule has 2 N–H and O–H groups in total. The molecule has 1 aromatic heterocycles. The molecule has 8 heteroatoms. The van der Waals surface area contributed by atoms with Gasteiger partial charge in [-0.05, 0) is 50.2 Å². The van der Waals surface area contributed by atoms with E-state index >= 15 is 0 Å². The third-order valence-corrected chi connectivity index (χ3v) is 4.41. The smallest absolute Gasteiger partial charge is 0.315 e. The van der Waals surface area contributed by atoms with Gasteiger partial charge in [0, 0.05) is 11.3 Å². The van der Waals surface area contributed by atoms with Crippen molar-refractivity contribution in [3.05, 3.63) is 77.6 Å². The Kier molecular flexibility index (Phi) is 6.43. The van der Waals surface area contributed by atoms with Crippen LogP contribution in [-0.2, 0) is 0 Å². The molecule has 0 aliphatic heterocycles. The summed E-state index contributed by atoms with van der Waals surface area (Å²) < 4.78 is 33.6. The van der Waals surface area contributed by atoms with Crippen molar-refractivity contribution in [1.82, 2.24) is 20.4 Å². The van der Waals surface area contributed by atoms with E-state index in [1.807, 2.05) is 13.8 Å². The molecule has 0 saturated heterocycles. The number of hydrogen-bond acceptors (Lipinski definition) is 3. The Morgan fingerprint density at radius 1 is 1.17 bits per heavy atom. The van der Waals surface area contributed by atoms with Crippen LogP contribution in [-0.4, -0.2) is 29.0 Å². The third kappa shape index (κ3) is 5.10. The number of para-hydroxylation sites is 1. The van der Waals surface area contributed by atoms with Crippen LogP contribution in [0.3, 0.4) is 0 Å². The van der Waals surface area contributed by atoms with Crippen LogP contribution in [0, 0.1) is 18.6 Å². The molecule has 3 aromatic rings. The van der Waals surface area contributed by atoms with Crippen LogP contribution in [0.1, 0.15) is 24.2 Å². The minimum atomic E-state index is -0.445. The molecule has 2 aromatic carbocycles. The summed E-state index contributed by atoms with van der Waals surface area (Å²) in [6, 6.07) is 11.4. The van der Waals surface area contributed by atoms with Crippen molar-refractivity contribution in [1.29, 1.82) is 0 Å². The first-order chi connectivity index (χ1) is 14.0. The maximum Gasteiger partial charge on any atom is 0.315 e. The minimum absolute atomic E-state index is 0.143. The lowest BCUT2D eigenvalue weighted by Gasteiger charge is -2.15. The highest BCUT2D eigenvalue weighted by Gasteiger charge is 2.16. The largest absolute Gasteiger partial charge is 0.489 e. The highest BCUT2D eigenvalue weighted by molar-refractivity contribution is 5.74. The van der Waals surface area contributed by atoms with Gasteiger partial charge in [-0.2, -0.15) is 5.10 Å². The molecule has 0 aliphatic rings. The molecular weight excluding hydrogens is 378 g/mol. The lowest BCUT2D eigenvalue weighted by molar-refractivity contribution is 0.233. The summed E-state index contributed by atoms with van der Waals surface area (Å²) in [5, 5.41) is 9.83. The van der Waals surface area contributed by atoms with Gasteiger partial charge in [0.2, 0.25) is 0 Å². The average Bonchev–Trinajstić information content (AvgIpc) is 3.08. The first kappa shape index (κ1) is 20.3. The molecule has 1 heterocycles. The zero-order valence-electron chi connectivity index (χ0n) is 16.2. The number of ether oxygens (including phenoxy) is 1. The van der Waals surface area contributed by atoms with Gasteiger partial charge in [-0.3, -0.25) is 0 Å². The summed E-state index contributed by atoms with van der Waals surface area (Å²) in [5.74, 6) is -0.615. The summed E-state index contributed by atoms with van der Waals surface area (Å²) in [6.07, 6.45) is 1.67. The van der Waals surface area contributed by atoms with E-state index < -0.39 is 5.82 Å². The standard InChI is InChI=1S/C21H22F2N4O2/c1-14(18-13-25-27(15(18)2)17-9-7-16(22)8-10-17)26-21(28)24-11-12-29-20-6-4-3-5-19(20)23/h3-10,13-14H,11-12H2,1-2H3,(H2,24,26,28). The third-order valence-electron chi connectivity index (χ3n) is 4.41. The summed E-state index contributed by atoms with van der Waals surface area (Å²) in [7, 11) is 0. The zero-order chi connectivity index (χ0) is 20.8. The van der Waals surface area contributed by atoms with Crippen LogP contribution in [0.15, 0.2) is 54.7 Å². The molecular formula is C21H22F2N4O2. The van der Waals surface area contributed by atoms with Crippen LogP contribution in [0.4, 0.5) is 13.6 Å². The highest BCUT2D eigenvalue weighted by atomic mass is 19.1. The van der Waals surface area contributed by atoms with E-state index in [2.05, 4.69) is 15.7 Å². The number of hydrogen-bond donors (Lipinski definition) is 2. The SMILES string of the molecule is Cc1c(C(C)NC(=O)NCCOc2ccccc2F)cnn1-c1ccc(F)cc1. The van der Waals surface area contributed by atoms with Gasteiger partial charge in [0.25, 0.3) is 0 Å². The Bertz CT molecular complexity index is 973. The molecule has 0 bridgehead atoms. The number of aromatic nitrogens is 2. The predicted molar refractivity (Wildman–Crippen MR) is 105 cm³/mol. The van der Waals surface area contributed by atoms with Gasteiger partial charge in [0.05, 0.1) is 24.5 Å². The number of carbonyl (C=O) groups is 1. The number of amides is 2. The summed E-state index contributed by atoms with van der Waals surface area (Å²) in [6.45, 7) is 4.09. The first-order valence-electron chi connectivity index (χ1n) is 9.18. The van der Waals surface area contributed by atoms with Gasteiger partial charge in [0.15, 0.2) is 11.6 Å². The lowest BCUT2D eigenvalue weighted by Crippen LogP contribution is -2.39. The van der Waals surface area contributed by atoms with Crippen LogP contribution < -0.4 is 15.4 Å². The normalized spacial score (nSPS) is 11.7. The molecule has 0 radical (unpaired) electrons. The van der Waals surface area contributed by atoms with Gasteiger partial charge < -0.3 is 15.4 Å². The Morgan fingerprint density at radius 3 is 2.62 bits per heavy atom. The van der Waals surface area contributed by atoms with E-state index in [4.69, 9.17) is 4.74 Å². The second-order valence-corrected chi connectivity index (χ2v) is 6.47. The molecule has 1 unspecified atom stereocenters. The van der Waals surface area contributed by atoms with E-state index in [1.165, 1.54) is 24.3 Å². The molecule has 0 fully saturated rings. The number of urea groups is 1. The van der Waals surface area contributed by atoms with Gasteiger partial charge in [-0.25, -0.2) is 18.3 Å². The molecule has 0 spiro atoms. The first-order valence-corrected chi connectivity index (χ1v) is 9.18. The Morgan fingerprint density at radius 2 is 1.90 bits per heavy atom. The van der Waals surface area contributed by atoms with E-state index in [1.54, 1.807) is 35.1 Å². The van der Waals surface area contributed by atoms with E-state index in [-0.39, 0.29) is 36.8 Å². The van der Waals surface area contributed by atoms with Crippen molar-refractivity contribution in [2.24, 2.45) is 0 Å². The molecule has 3 rings (SSSR count). The Hall–Kier alpha value is -3.42. The van der Waals surface area contributed by atoms with Gasteiger partial charge in [-0.15, -0.1) is 0 Å². The number of rotatable bonds is 7. The average molecular weight is 400 g/mol. The van der Waals surface area contributed by atoms with E-state index in [9.17, 15) is 13.6 Å². The maximum atomic E-state index is 13.5. The van der Waals surface area contributed by atoms with Crippen molar-refractivity contribution in [2.75, 3.05) is 13.2 Å². The summed E-state index contributed by atoms with van der Waals surface area (Å²) >= 11 is 0. The fourth-order valence-electron chi connectivity index (χ4n) is 2.90. The summed E-state index contributed by atoms with van der Waals surface area (Å²) in [5.41, 5.74) is 2.41. The van der Waals surface area contributed by atoms with Gasteiger partial charge in [-0.1, -0.05) is 12.1 Å². The lowest BCUT2D eigenvalue weighted by atomic mass is 10.1. The van der Waals surface area contributed by atoms with Crippen LogP contribution in [0.25, 0.3) is 5.69 Å². The quantitative estimate of drug-likeness (QED) is 0.591. The van der Waals surface area contributed by atoms with Crippen LogP contribution in [0.5, 0.6) is 5.75 Å². The van der Waals surface area contributed by atoms with Crippen molar-refractivity contribution in [3.63, 3.8) is 0 Å². The zero-order valence-corrected chi connectivity index (χ0v) is 16.2. The second kappa shape index (κ2) is 9.18. The van der Waals surface area contributed by atoms with Gasteiger partial charge >= 0.3 is 6.03 Å².